The summed E-state index contributed by atoms with van der Waals surface area (Å²) in [6.07, 6.45) is -4.40. The molecule has 4 rings (SSSR count). The van der Waals surface area contributed by atoms with Gasteiger partial charge in [0.2, 0.25) is 0 Å². The molecular formula is C27H22F3NO4S2. The van der Waals surface area contributed by atoms with Gasteiger partial charge in [-0.05, 0) is 72.6 Å². The summed E-state index contributed by atoms with van der Waals surface area (Å²) < 4.78 is 49.7. The van der Waals surface area contributed by atoms with Gasteiger partial charge in [-0.2, -0.15) is 13.2 Å². The molecule has 0 aliphatic rings. The first-order valence-corrected chi connectivity index (χ1v) is 12.8. The van der Waals surface area contributed by atoms with E-state index in [1.807, 2.05) is 43.3 Å². The van der Waals surface area contributed by atoms with E-state index < -0.39 is 24.3 Å². The Labute approximate surface area is 219 Å². The summed E-state index contributed by atoms with van der Waals surface area (Å²) in [5.74, 6) is 0.700. The number of aryl methyl sites for hydroxylation is 1. The number of thiazole rings is 1. The number of aromatic nitrogens is 1. The second-order valence-corrected chi connectivity index (χ2v) is 10.1. The molecule has 1 N–H and O–H groups in total. The van der Waals surface area contributed by atoms with Crippen LogP contribution in [0, 0.1) is 6.92 Å². The number of benzene rings is 3. The average molecular weight is 546 g/mol. The molecule has 0 saturated carbocycles. The number of methoxy groups -OCH3 is 1. The van der Waals surface area contributed by atoms with Crippen LogP contribution in [-0.2, 0) is 16.7 Å². The van der Waals surface area contributed by atoms with E-state index in [-0.39, 0.29) is 0 Å². The predicted octanol–water partition coefficient (Wildman–Crippen LogP) is 7.57. The Morgan fingerprint density at radius 1 is 1.03 bits per heavy atom. The first-order valence-electron chi connectivity index (χ1n) is 11.0. The van der Waals surface area contributed by atoms with Crippen LogP contribution >= 0.6 is 23.1 Å². The summed E-state index contributed by atoms with van der Waals surface area (Å²) in [5.41, 5.74) is 2.29. The van der Waals surface area contributed by atoms with E-state index in [1.54, 1.807) is 24.9 Å². The van der Waals surface area contributed by atoms with Crippen molar-refractivity contribution in [3.05, 3.63) is 82.9 Å². The van der Waals surface area contributed by atoms with Crippen molar-refractivity contribution in [2.75, 3.05) is 13.7 Å². The molecule has 0 fully saturated rings. The van der Waals surface area contributed by atoms with Crippen molar-refractivity contribution in [2.24, 2.45) is 0 Å². The molecule has 1 heterocycles. The maximum atomic E-state index is 13.1. The van der Waals surface area contributed by atoms with Gasteiger partial charge in [0.05, 0.1) is 29.0 Å². The molecule has 3 aromatic carbocycles. The molecule has 1 aromatic heterocycles. The Kier molecular flexibility index (Phi) is 8.09. The van der Waals surface area contributed by atoms with Gasteiger partial charge in [-0.25, -0.2) is 9.78 Å². The third-order valence-electron chi connectivity index (χ3n) is 5.37. The van der Waals surface area contributed by atoms with Crippen LogP contribution in [0.3, 0.4) is 0 Å². The standard InChI is InChI=1S/C27H22F3NO4S2/c1-16-13-21(11-12-22(16)35-14-24(32)33)36-15-23-31-25(17-5-9-20(34-2)10-6-17)26(37-23)18-3-7-19(8-4-18)27(28,29)30/h3-13H,14-15H2,1-2H3,(H,32,33). The quantitative estimate of drug-likeness (QED) is 0.219. The zero-order valence-corrected chi connectivity index (χ0v) is 21.5. The van der Waals surface area contributed by atoms with E-state index in [0.717, 1.165) is 38.0 Å². The van der Waals surface area contributed by atoms with E-state index in [0.29, 0.717) is 28.5 Å². The van der Waals surface area contributed by atoms with Crippen LogP contribution in [0.5, 0.6) is 11.5 Å². The largest absolute Gasteiger partial charge is 0.497 e. The van der Waals surface area contributed by atoms with Gasteiger partial charge < -0.3 is 14.6 Å². The molecule has 0 aliphatic heterocycles. The first-order chi connectivity index (χ1) is 17.6. The van der Waals surface area contributed by atoms with Crippen molar-refractivity contribution < 1.29 is 32.5 Å². The van der Waals surface area contributed by atoms with Crippen LogP contribution in [-0.4, -0.2) is 29.8 Å². The van der Waals surface area contributed by atoms with E-state index in [2.05, 4.69) is 0 Å². The second-order valence-electron chi connectivity index (χ2n) is 7.99. The lowest BCUT2D eigenvalue weighted by molar-refractivity contribution is -0.139. The number of hydrogen-bond acceptors (Lipinski definition) is 6. The lowest BCUT2D eigenvalue weighted by Crippen LogP contribution is -2.09. The molecule has 0 amide bonds. The molecule has 0 radical (unpaired) electrons. The molecule has 0 saturated heterocycles. The number of rotatable bonds is 9. The summed E-state index contributed by atoms with van der Waals surface area (Å²) in [4.78, 5) is 17.3. The van der Waals surface area contributed by atoms with Crippen LogP contribution in [0.1, 0.15) is 16.1 Å². The van der Waals surface area contributed by atoms with Gasteiger partial charge >= 0.3 is 12.1 Å². The Morgan fingerprint density at radius 3 is 2.30 bits per heavy atom. The number of carboxylic acid groups (broad SMARTS) is 1. The fraction of sp³-hybridized carbons (Fsp3) is 0.185. The monoisotopic (exact) mass is 545 g/mol. The Balaban J connectivity index is 1.60. The molecule has 0 bridgehead atoms. The normalized spacial score (nSPS) is 11.4. The molecule has 0 aliphatic carbocycles. The van der Waals surface area contributed by atoms with Gasteiger partial charge in [-0.3, -0.25) is 0 Å². The van der Waals surface area contributed by atoms with Crippen molar-refractivity contribution in [2.45, 2.75) is 23.7 Å². The molecule has 0 atom stereocenters. The summed E-state index contributed by atoms with van der Waals surface area (Å²) in [6, 6.07) is 18.0. The molecule has 10 heteroatoms. The Morgan fingerprint density at radius 2 is 1.70 bits per heavy atom. The maximum Gasteiger partial charge on any atom is 0.416 e. The molecule has 5 nitrogen and oxygen atoms in total. The number of thioether (sulfide) groups is 1. The summed E-state index contributed by atoms with van der Waals surface area (Å²) in [6.45, 7) is 1.43. The van der Waals surface area contributed by atoms with Crippen molar-refractivity contribution in [3.63, 3.8) is 0 Å². The highest BCUT2D eigenvalue weighted by molar-refractivity contribution is 7.98. The molecule has 0 spiro atoms. The second kappa shape index (κ2) is 11.3. The predicted molar refractivity (Wildman–Crippen MR) is 138 cm³/mol. The minimum atomic E-state index is -4.40. The molecule has 4 aromatic rings. The molecule has 37 heavy (non-hydrogen) atoms. The fourth-order valence-corrected chi connectivity index (χ4v) is 5.61. The number of carbonyl (C=O) groups is 1. The van der Waals surface area contributed by atoms with E-state index in [1.165, 1.54) is 23.5 Å². The van der Waals surface area contributed by atoms with Gasteiger partial charge in [0.25, 0.3) is 0 Å². The smallest absolute Gasteiger partial charge is 0.416 e. The van der Waals surface area contributed by atoms with E-state index >= 15 is 0 Å². The van der Waals surface area contributed by atoms with Gasteiger partial charge in [-0.1, -0.05) is 12.1 Å². The first kappa shape index (κ1) is 26.6. The number of halogens is 3. The third-order valence-corrected chi connectivity index (χ3v) is 7.66. The molecule has 0 unspecified atom stereocenters. The number of aliphatic carboxylic acids is 1. The SMILES string of the molecule is COc1ccc(-c2nc(CSc3ccc(OCC(=O)O)c(C)c3)sc2-c2ccc(C(F)(F)F)cc2)cc1. The van der Waals surface area contributed by atoms with Crippen LogP contribution in [0.15, 0.2) is 71.6 Å². The van der Waals surface area contributed by atoms with Gasteiger partial charge in [-0.15, -0.1) is 23.1 Å². The summed E-state index contributed by atoms with van der Waals surface area (Å²) >= 11 is 2.99. The van der Waals surface area contributed by atoms with Crippen molar-refractivity contribution in [3.8, 4) is 33.2 Å². The molecular weight excluding hydrogens is 523 g/mol. The number of hydrogen-bond donors (Lipinski definition) is 1. The number of ether oxygens (including phenoxy) is 2. The summed E-state index contributed by atoms with van der Waals surface area (Å²) in [5, 5.41) is 9.62. The zero-order valence-electron chi connectivity index (χ0n) is 19.8. The number of alkyl halides is 3. The molecule has 192 valence electrons. The highest BCUT2D eigenvalue weighted by Crippen LogP contribution is 2.40. The minimum Gasteiger partial charge on any atom is -0.497 e. The summed E-state index contributed by atoms with van der Waals surface area (Å²) in [7, 11) is 1.58. The van der Waals surface area contributed by atoms with Gasteiger partial charge in [0.1, 0.15) is 16.5 Å². The average Bonchev–Trinajstić information content (AvgIpc) is 3.31. The van der Waals surface area contributed by atoms with E-state index in [4.69, 9.17) is 19.6 Å². The van der Waals surface area contributed by atoms with Crippen molar-refractivity contribution in [1.82, 2.24) is 4.98 Å². The van der Waals surface area contributed by atoms with Crippen LogP contribution in [0.25, 0.3) is 21.7 Å². The highest BCUT2D eigenvalue weighted by atomic mass is 32.2. The van der Waals surface area contributed by atoms with E-state index in [9.17, 15) is 18.0 Å². The van der Waals surface area contributed by atoms with Crippen LogP contribution in [0.4, 0.5) is 13.2 Å². The zero-order chi connectivity index (χ0) is 26.6. The van der Waals surface area contributed by atoms with Crippen molar-refractivity contribution in [1.29, 1.82) is 0 Å². The Bertz CT molecular complexity index is 1380. The minimum absolute atomic E-state index is 0.409. The van der Waals surface area contributed by atoms with Crippen LogP contribution < -0.4 is 9.47 Å². The lowest BCUT2D eigenvalue weighted by atomic mass is 10.1. The number of carboxylic acids is 1. The maximum absolute atomic E-state index is 13.1. The highest BCUT2D eigenvalue weighted by Gasteiger charge is 2.30. The number of nitrogens with zero attached hydrogens (tertiary/aromatic N) is 1. The van der Waals surface area contributed by atoms with Crippen molar-refractivity contribution >= 4 is 29.1 Å². The lowest BCUT2D eigenvalue weighted by Gasteiger charge is -2.08. The Hall–Kier alpha value is -3.50. The third kappa shape index (κ3) is 6.64. The van der Waals surface area contributed by atoms with Crippen LogP contribution in [0.2, 0.25) is 0 Å². The fourth-order valence-electron chi connectivity index (χ4n) is 3.54. The van der Waals surface area contributed by atoms with Gasteiger partial charge in [0.15, 0.2) is 6.61 Å². The topological polar surface area (TPSA) is 68.7 Å². The van der Waals surface area contributed by atoms with Gasteiger partial charge in [0, 0.05) is 10.5 Å².